The second-order valence-corrected chi connectivity index (χ2v) is 4.79. The van der Waals surface area contributed by atoms with Crippen molar-refractivity contribution in [1.82, 2.24) is 9.27 Å². The average Bonchev–Trinajstić information content (AvgIpc) is 2.71. The number of hydrogen-bond acceptors (Lipinski definition) is 6. The molecule has 17 heavy (non-hydrogen) atoms. The van der Waals surface area contributed by atoms with E-state index in [1.165, 1.54) is 11.5 Å². The van der Waals surface area contributed by atoms with Crippen molar-refractivity contribution in [2.75, 3.05) is 43.4 Å². The number of rotatable bonds is 3. The molecule has 1 aromatic rings. The van der Waals surface area contributed by atoms with E-state index in [0.29, 0.717) is 5.56 Å². The second-order valence-electron chi connectivity index (χ2n) is 4.03. The maximum atomic E-state index is 11.3. The van der Waals surface area contributed by atoms with Crippen molar-refractivity contribution in [3.8, 4) is 0 Å². The maximum Gasteiger partial charge on any atom is 0.255 e. The number of nitrogen functional groups attached to an aromatic ring is 1. The number of nitrogens with two attached hydrogens (primary N) is 2. The van der Waals surface area contributed by atoms with E-state index in [4.69, 9.17) is 11.5 Å². The molecule has 2 heterocycles. The van der Waals surface area contributed by atoms with Gasteiger partial charge in [-0.3, -0.25) is 4.79 Å². The highest BCUT2D eigenvalue weighted by molar-refractivity contribution is 7.11. The molecule has 1 fully saturated rings. The fourth-order valence-electron chi connectivity index (χ4n) is 2.01. The van der Waals surface area contributed by atoms with Crippen LogP contribution in [-0.4, -0.2) is 47.9 Å². The van der Waals surface area contributed by atoms with Gasteiger partial charge in [0.15, 0.2) is 5.82 Å². The van der Waals surface area contributed by atoms with Crippen LogP contribution in [0.15, 0.2) is 0 Å². The highest BCUT2D eigenvalue weighted by atomic mass is 32.1. The molecule has 1 saturated heterocycles. The molecule has 7 heteroatoms. The van der Waals surface area contributed by atoms with Gasteiger partial charge in [0, 0.05) is 26.2 Å². The zero-order chi connectivity index (χ0) is 12.4. The summed E-state index contributed by atoms with van der Waals surface area (Å²) in [7, 11) is 0. The van der Waals surface area contributed by atoms with Crippen molar-refractivity contribution in [3.05, 3.63) is 5.56 Å². The van der Waals surface area contributed by atoms with Crippen molar-refractivity contribution >= 4 is 28.3 Å². The molecule has 6 nitrogen and oxygen atoms in total. The van der Waals surface area contributed by atoms with E-state index in [-0.39, 0.29) is 5.82 Å². The molecule has 0 aromatic carbocycles. The number of aromatic nitrogens is 1. The fourth-order valence-corrected chi connectivity index (χ4v) is 2.88. The zero-order valence-corrected chi connectivity index (χ0v) is 10.7. The Morgan fingerprint density at radius 3 is 2.59 bits per heavy atom. The number of likely N-dealkylation sites (N-methyl/N-ethyl adjacent to an activating group) is 1. The Kier molecular flexibility index (Phi) is 3.49. The van der Waals surface area contributed by atoms with E-state index in [9.17, 15) is 4.79 Å². The van der Waals surface area contributed by atoms with Crippen molar-refractivity contribution in [3.63, 3.8) is 0 Å². The Morgan fingerprint density at radius 1 is 1.41 bits per heavy atom. The van der Waals surface area contributed by atoms with Gasteiger partial charge in [0.2, 0.25) is 0 Å². The molecule has 0 spiro atoms. The first kappa shape index (κ1) is 12.1. The molecule has 0 aliphatic carbocycles. The predicted molar refractivity (Wildman–Crippen MR) is 69.4 cm³/mol. The van der Waals surface area contributed by atoms with Crippen molar-refractivity contribution in [2.45, 2.75) is 6.92 Å². The molecule has 0 saturated carbocycles. The number of carbonyl (C=O) groups is 1. The van der Waals surface area contributed by atoms with Gasteiger partial charge in [-0.05, 0) is 18.1 Å². The first-order valence-electron chi connectivity index (χ1n) is 5.65. The number of amides is 1. The van der Waals surface area contributed by atoms with Crippen LogP contribution in [0.3, 0.4) is 0 Å². The molecule has 4 N–H and O–H groups in total. The quantitative estimate of drug-likeness (QED) is 0.791. The van der Waals surface area contributed by atoms with E-state index in [1.54, 1.807) is 0 Å². The molecule has 1 aromatic heterocycles. The number of nitrogens with zero attached hydrogens (tertiary/aromatic N) is 3. The predicted octanol–water partition coefficient (Wildman–Crippen LogP) is -0.0339. The summed E-state index contributed by atoms with van der Waals surface area (Å²) in [5, 5.41) is 0.811. The highest BCUT2D eigenvalue weighted by Crippen LogP contribution is 2.30. The van der Waals surface area contributed by atoms with Gasteiger partial charge >= 0.3 is 0 Å². The monoisotopic (exact) mass is 255 g/mol. The lowest BCUT2D eigenvalue weighted by molar-refractivity contribution is 0.100. The van der Waals surface area contributed by atoms with Gasteiger partial charge in [-0.25, -0.2) is 0 Å². The molecule has 0 unspecified atom stereocenters. The molecule has 1 aliphatic heterocycles. The van der Waals surface area contributed by atoms with Gasteiger partial charge in [-0.15, -0.1) is 0 Å². The lowest BCUT2D eigenvalue weighted by Gasteiger charge is -2.34. The third kappa shape index (κ3) is 2.34. The van der Waals surface area contributed by atoms with Crippen molar-refractivity contribution in [2.24, 2.45) is 5.73 Å². The summed E-state index contributed by atoms with van der Waals surface area (Å²) in [6.45, 7) is 6.96. The highest BCUT2D eigenvalue weighted by Gasteiger charge is 2.24. The smallest absolute Gasteiger partial charge is 0.255 e. The lowest BCUT2D eigenvalue weighted by Crippen LogP contribution is -2.46. The number of carbonyl (C=O) groups excluding carboxylic acids is 1. The minimum Gasteiger partial charge on any atom is -0.382 e. The van der Waals surface area contributed by atoms with Crippen LogP contribution < -0.4 is 16.4 Å². The Bertz CT molecular complexity index is 411. The van der Waals surface area contributed by atoms with Crippen LogP contribution in [0, 0.1) is 0 Å². The van der Waals surface area contributed by atoms with Crippen LogP contribution in [0.1, 0.15) is 17.3 Å². The second kappa shape index (κ2) is 4.89. The average molecular weight is 255 g/mol. The summed E-state index contributed by atoms with van der Waals surface area (Å²) in [6.07, 6.45) is 0. The zero-order valence-electron chi connectivity index (χ0n) is 9.85. The van der Waals surface area contributed by atoms with Crippen LogP contribution in [-0.2, 0) is 0 Å². The number of piperazine rings is 1. The van der Waals surface area contributed by atoms with Crippen LogP contribution in [0.25, 0.3) is 0 Å². The summed E-state index contributed by atoms with van der Waals surface area (Å²) in [5.41, 5.74) is 11.4. The summed E-state index contributed by atoms with van der Waals surface area (Å²) >= 11 is 1.25. The minimum absolute atomic E-state index is 0.246. The maximum absolute atomic E-state index is 11.3. The molecule has 0 radical (unpaired) electrons. The summed E-state index contributed by atoms with van der Waals surface area (Å²) in [6, 6.07) is 0. The van der Waals surface area contributed by atoms with E-state index >= 15 is 0 Å². The van der Waals surface area contributed by atoms with Crippen molar-refractivity contribution in [1.29, 1.82) is 0 Å². The van der Waals surface area contributed by atoms with Gasteiger partial charge in [0.05, 0.1) is 0 Å². The van der Waals surface area contributed by atoms with Gasteiger partial charge in [0.1, 0.15) is 10.6 Å². The largest absolute Gasteiger partial charge is 0.382 e. The number of anilines is 2. The third-order valence-electron chi connectivity index (χ3n) is 3.05. The summed E-state index contributed by atoms with van der Waals surface area (Å²) < 4.78 is 4.02. The van der Waals surface area contributed by atoms with E-state index in [0.717, 1.165) is 37.7 Å². The Morgan fingerprint density at radius 2 is 2.06 bits per heavy atom. The standard InChI is InChI=1S/C10H17N5OS/c1-2-14-3-5-15(6-4-14)10-7(9(12)16)8(11)13-17-10/h2-6H2,1H3,(H2,11,13)(H2,12,16). The minimum atomic E-state index is -0.496. The Labute approximate surface area is 104 Å². The first-order valence-corrected chi connectivity index (χ1v) is 6.43. The molecular weight excluding hydrogens is 238 g/mol. The fraction of sp³-hybridized carbons (Fsp3) is 0.600. The van der Waals surface area contributed by atoms with Gasteiger partial charge < -0.3 is 21.3 Å². The number of hydrogen-bond donors (Lipinski definition) is 2. The Balaban J connectivity index is 2.16. The van der Waals surface area contributed by atoms with Crippen LogP contribution in [0.4, 0.5) is 10.8 Å². The molecular formula is C10H17N5OS. The summed E-state index contributed by atoms with van der Waals surface area (Å²) in [4.78, 5) is 15.8. The van der Waals surface area contributed by atoms with Gasteiger partial charge in [-0.2, -0.15) is 4.37 Å². The Hall–Kier alpha value is -1.34. The van der Waals surface area contributed by atoms with Gasteiger partial charge in [-0.1, -0.05) is 6.92 Å². The van der Waals surface area contributed by atoms with Crippen LogP contribution in [0.2, 0.25) is 0 Å². The topological polar surface area (TPSA) is 88.5 Å². The van der Waals surface area contributed by atoms with E-state index < -0.39 is 5.91 Å². The molecule has 2 rings (SSSR count). The summed E-state index contributed by atoms with van der Waals surface area (Å²) in [5.74, 6) is -0.250. The number of primary amides is 1. The van der Waals surface area contributed by atoms with E-state index in [2.05, 4.69) is 21.1 Å². The SMILES string of the molecule is CCN1CCN(c2snc(N)c2C(N)=O)CC1. The van der Waals surface area contributed by atoms with E-state index in [1.807, 2.05) is 0 Å². The molecule has 0 atom stereocenters. The van der Waals surface area contributed by atoms with Gasteiger partial charge in [0.25, 0.3) is 5.91 Å². The first-order chi connectivity index (χ1) is 8.13. The van der Waals surface area contributed by atoms with Crippen molar-refractivity contribution < 1.29 is 4.79 Å². The molecule has 94 valence electrons. The molecule has 1 aliphatic rings. The molecule has 1 amide bonds. The van der Waals surface area contributed by atoms with Crippen LogP contribution >= 0.6 is 11.5 Å². The van der Waals surface area contributed by atoms with Crippen LogP contribution in [0.5, 0.6) is 0 Å². The molecule has 0 bridgehead atoms. The third-order valence-corrected chi connectivity index (χ3v) is 3.98. The normalized spacial score (nSPS) is 17.4. The lowest BCUT2D eigenvalue weighted by atomic mass is 10.2.